The van der Waals surface area contributed by atoms with E-state index < -0.39 is 8.03 Å². The number of hydrogen-bond acceptors (Lipinski definition) is 2. The van der Waals surface area contributed by atoms with Crippen molar-refractivity contribution in [3.05, 3.63) is 35.9 Å². The zero-order valence-electron chi connectivity index (χ0n) is 7.56. The Morgan fingerprint density at radius 1 is 1.36 bits per heavy atom. The zero-order valence-corrected chi connectivity index (χ0v) is 8.56. The van der Waals surface area contributed by atoms with Crippen LogP contribution in [0.25, 0.3) is 0 Å². The summed E-state index contributed by atoms with van der Waals surface area (Å²) in [5.41, 5.74) is 0.560. The fourth-order valence-corrected chi connectivity index (χ4v) is 1.31. The van der Waals surface area contributed by atoms with Crippen LogP contribution >= 0.6 is 8.03 Å². The summed E-state index contributed by atoms with van der Waals surface area (Å²) in [4.78, 5) is 19.9. The number of benzene rings is 1. The predicted octanol–water partition coefficient (Wildman–Crippen LogP) is 0.883. The lowest BCUT2D eigenvalue weighted by Crippen LogP contribution is -2.25. The quantitative estimate of drug-likeness (QED) is 0.730. The van der Waals surface area contributed by atoms with Gasteiger partial charge in [-0.05, 0) is 12.1 Å². The monoisotopic (exact) mass is 213 g/mol. The lowest BCUT2D eigenvalue weighted by molar-refractivity contribution is 0.0956. The molecule has 1 aromatic rings. The van der Waals surface area contributed by atoms with Gasteiger partial charge >= 0.3 is 0 Å². The molecular formula is C9H12NO3P. The molecule has 0 aliphatic rings. The molecule has 0 aliphatic heterocycles. The Kier molecular flexibility index (Phi) is 4.36. The highest BCUT2D eigenvalue weighted by molar-refractivity contribution is 7.38. The first-order valence-electron chi connectivity index (χ1n) is 4.25. The SMILES string of the molecule is O=C(NCC[PH](=O)O)c1ccccc1. The van der Waals surface area contributed by atoms with Crippen molar-refractivity contribution in [3.8, 4) is 0 Å². The van der Waals surface area contributed by atoms with Gasteiger partial charge in [-0.3, -0.25) is 9.36 Å². The van der Waals surface area contributed by atoms with E-state index in [0.29, 0.717) is 5.56 Å². The van der Waals surface area contributed by atoms with E-state index in [-0.39, 0.29) is 18.6 Å². The molecule has 76 valence electrons. The van der Waals surface area contributed by atoms with Crippen LogP contribution in [-0.2, 0) is 4.57 Å². The largest absolute Gasteiger partial charge is 0.351 e. The van der Waals surface area contributed by atoms with Crippen molar-refractivity contribution in [2.45, 2.75) is 0 Å². The molecule has 0 aromatic heterocycles. The van der Waals surface area contributed by atoms with Gasteiger partial charge in [-0.15, -0.1) is 0 Å². The molecule has 0 aliphatic carbocycles. The Balaban J connectivity index is 2.40. The van der Waals surface area contributed by atoms with Crippen LogP contribution in [0.4, 0.5) is 0 Å². The molecular weight excluding hydrogens is 201 g/mol. The van der Waals surface area contributed by atoms with E-state index in [1.165, 1.54) is 0 Å². The van der Waals surface area contributed by atoms with Crippen LogP contribution in [0, 0.1) is 0 Å². The van der Waals surface area contributed by atoms with E-state index in [0.717, 1.165) is 0 Å². The third kappa shape index (κ3) is 3.73. The van der Waals surface area contributed by atoms with Gasteiger partial charge in [0.1, 0.15) is 0 Å². The van der Waals surface area contributed by atoms with Crippen LogP contribution in [0.5, 0.6) is 0 Å². The van der Waals surface area contributed by atoms with Gasteiger partial charge in [0.15, 0.2) is 8.03 Å². The predicted molar refractivity (Wildman–Crippen MR) is 54.9 cm³/mol. The van der Waals surface area contributed by atoms with Gasteiger partial charge in [0, 0.05) is 18.3 Å². The molecule has 1 aromatic carbocycles. The number of hydrogen-bond donors (Lipinski definition) is 2. The summed E-state index contributed by atoms with van der Waals surface area (Å²) >= 11 is 0. The minimum atomic E-state index is -2.48. The maximum absolute atomic E-state index is 11.3. The molecule has 0 saturated carbocycles. The Morgan fingerprint density at radius 3 is 2.57 bits per heavy atom. The van der Waals surface area contributed by atoms with E-state index in [1.54, 1.807) is 24.3 Å². The molecule has 0 heterocycles. The molecule has 1 rings (SSSR count). The zero-order chi connectivity index (χ0) is 10.4. The number of rotatable bonds is 4. The molecule has 5 heteroatoms. The number of nitrogens with one attached hydrogen (secondary N) is 1. The summed E-state index contributed by atoms with van der Waals surface area (Å²) in [6.07, 6.45) is 0.128. The van der Waals surface area contributed by atoms with Crippen molar-refractivity contribution < 1.29 is 14.3 Å². The van der Waals surface area contributed by atoms with Crippen molar-refractivity contribution in [1.82, 2.24) is 5.32 Å². The molecule has 0 bridgehead atoms. The lowest BCUT2D eigenvalue weighted by atomic mass is 10.2. The van der Waals surface area contributed by atoms with Crippen LogP contribution in [0.1, 0.15) is 10.4 Å². The topological polar surface area (TPSA) is 66.4 Å². The Morgan fingerprint density at radius 2 is 2.00 bits per heavy atom. The number of amides is 1. The average molecular weight is 213 g/mol. The smallest absolute Gasteiger partial charge is 0.251 e. The second-order valence-corrected chi connectivity index (χ2v) is 4.05. The molecule has 0 saturated heterocycles. The van der Waals surface area contributed by atoms with Crippen molar-refractivity contribution in [2.24, 2.45) is 0 Å². The molecule has 4 nitrogen and oxygen atoms in total. The highest BCUT2D eigenvalue weighted by Gasteiger charge is 2.03. The fourth-order valence-electron chi connectivity index (χ4n) is 0.975. The summed E-state index contributed by atoms with van der Waals surface area (Å²) in [5.74, 6) is -0.214. The highest BCUT2D eigenvalue weighted by Crippen LogP contribution is 2.09. The van der Waals surface area contributed by atoms with Gasteiger partial charge in [0.05, 0.1) is 0 Å². The summed E-state index contributed by atoms with van der Waals surface area (Å²) in [7, 11) is -2.48. The van der Waals surface area contributed by atoms with Gasteiger partial charge in [0.2, 0.25) is 0 Å². The van der Waals surface area contributed by atoms with Gasteiger partial charge in [-0.25, -0.2) is 0 Å². The summed E-state index contributed by atoms with van der Waals surface area (Å²) in [6.45, 7) is 0.238. The van der Waals surface area contributed by atoms with Crippen molar-refractivity contribution in [3.63, 3.8) is 0 Å². The highest BCUT2D eigenvalue weighted by atomic mass is 31.1. The van der Waals surface area contributed by atoms with Crippen molar-refractivity contribution >= 4 is 13.9 Å². The molecule has 2 N–H and O–H groups in total. The molecule has 1 unspecified atom stereocenters. The summed E-state index contributed by atoms with van der Waals surface area (Å²) in [6, 6.07) is 8.74. The van der Waals surface area contributed by atoms with E-state index in [1.807, 2.05) is 6.07 Å². The first-order chi connectivity index (χ1) is 6.70. The fraction of sp³-hybridized carbons (Fsp3) is 0.222. The van der Waals surface area contributed by atoms with Gasteiger partial charge in [-0.1, -0.05) is 18.2 Å². The van der Waals surface area contributed by atoms with Crippen LogP contribution < -0.4 is 5.32 Å². The first kappa shape index (κ1) is 11.0. The molecule has 0 radical (unpaired) electrons. The van der Waals surface area contributed by atoms with Crippen LogP contribution in [0.3, 0.4) is 0 Å². The van der Waals surface area contributed by atoms with Crippen molar-refractivity contribution in [1.29, 1.82) is 0 Å². The van der Waals surface area contributed by atoms with Gasteiger partial charge in [0.25, 0.3) is 5.91 Å². The Hall–Kier alpha value is -1.12. The van der Waals surface area contributed by atoms with E-state index in [9.17, 15) is 9.36 Å². The van der Waals surface area contributed by atoms with Crippen molar-refractivity contribution in [2.75, 3.05) is 12.7 Å². The van der Waals surface area contributed by atoms with Gasteiger partial charge in [-0.2, -0.15) is 0 Å². The Labute approximate surface area is 82.8 Å². The molecule has 14 heavy (non-hydrogen) atoms. The minimum Gasteiger partial charge on any atom is -0.351 e. The van der Waals surface area contributed by atoms with Crippen LogP contribution in [0.2, 0.25) is 0 Å². The third-order valence-corrected chi connectivity index (χ3v) is 2.34. The second kappa shape index (κ2) is 5.58. The number of carbonyl (C=O) groups is 1. The maximum atomic E-state index is 11.3. The molecule has 1 amide bonds. The third-order valence-electron chi connectivity index (χ3n) is 1.66. The van der Waals surface area contributed by atoms with Crippen LogP contribution in [0.15, 0.2) is 30.3 Å². The molecule has 0 fully saturated rings. The standard InChI is InChI=1S/C9H12NO3P/c11-9(10-6-7-14(12)13)8-4-2-1-3-5-8/h1-5,14H,6-7H2,(H,10,11)(H,12,13). The van der Waals surface area contributed by atoms with E-state index in [4.69, 9.17) is 4.89 Å². The normalized spacial score (nSPS) is 12.1. The van der Waals surface area contributed by atoms with Gasteiger partial charge < -0.3 is 10.2 Å². The molecule has 0 spiro atoms. The maximum Gasteiger partial charge on any atom is 0.251 e. The van der Waals surface area contributed by atoms with E-state index in [2.05, 4.69) is 5.32 Å². The summed E-state index contributed by atoms with van der Waals surface area (Å²) < 4.78 is 10.4. The minimum absolute atomic E-state index is 0.128. The second-order valence-electron chi connectivity index (χ2n) is 2.77. The van der Waals surface area contributed by atoms with Crippen LogP contribution in [-0.4, -0.2) is 23.5 Å². The Bertz CT molecular complexity index is 326. The average Bonchev–Trinajstić information content (AvgIpc) is 2.18. The van der Waals surface area contributed by atoms with E-state index >= 15 is 0 Å². The summed E-state index contributed by atoms with van der Waals surface area (Å²) in [5, 5.41) is 2.56. The lowest BCUT2D eigenvalue weighted by Gasteiger charge is -2.02. The molecule has 1 atom stereocenters. The first-order valence-corrected chi connectivity index (χ1v) is 5.81. The number of carbonyl (C=O) groups excluding carboxylic acids is 1.